The molecule has 2 aromatic rings. The van der Waals surface area contributed by atoms with Gasteiger partial charge in [0.25, 0.3) is 0 Å². The number of Topliss-reactive ketones (excluding diaryl/α,β-unsaturated/α-hetero) is 1. The average molecular weight is 296 g/mol. The number of hydrogen-bond acceptors (Lipinski definition) is 3. The van der Waals surface area contributed by atoms with Gasteiger partial charge in [0.1, 0.15) is 5.75 Å². The maximum Gasteiger partial charge on any atom is 0.167 e. The molecule has 0 saturated heterocycles. The third kappa shape index (κ3) is 3.19. The maximum atomic E-state index is 12.1. The van der Waals surface area contributed by atoms with Gasteiger partial charge in [-0.1, -0.05) is 35.3 Å². The first-order valence-electron chi connectivity index (χ1n) is 5.53. The molecule has 2 rings (SSSR count). The largest absolute Gasteiger partial charge is 0.508 e. The molecular weight excluding hydrogens is 285 g/mol. The third-order valence-electron chi connectivity index (χ3n) is 2.68. The van der Waals surface area contributed by atoms with Crippen molar-refractivity contribution < 1.29 is 9.90 Å². The first-order chi connectivity index (χ1) is 8.97. The number of halogens is 2. The number of ketones is 1. The second-order valence-corrected chi connectivity index (χ2v) is 4.94. The van der Waals surface area contributed by atoms with Crippen molar-refractivity contribution in [3.05, 3.63) is 57.6 Å². The minimum Gasteiger partial charge on any atom is -0.508 e. The van der Waals surface area contributed by atoms with Crippen LogP contribution in [0, 0.1) is 0 Å². The van der Waals surface area contributed by atoms with E-state index in [2.05, 4.69) is 0 Å². The number of benzene rings is 2. The van der Waals surface area contributed by atoms with Gasteiger partial charge in [0.2, 0.25) is 0 Å². The van der Waals surface area contributed by atoms with E-state index in [9.17, 15) is 9.90 Å². The highest BCUT2D eigenvalue weighted by atomic mass is 35.5. The lowest BCUT2D eigenvalue weighted by Crippen LogP contribution is -2.04. The van der Waals surface area contributed by atoms with E-state index in [0.29, 0.717) is 11.1 Å². The lowest BCUT2D eigenvalue weighted by Gasteiger charge is -2.06. The van der Waals surface area contributed by atoms with E-state index in [1.165, 1.54) is 12.1 Å². The first kappa shape index (κ1) is 13.7. The number of phenols is 1. The number of nitrogen functional groups attached to an aromatic ring is 1. The van der Waals surface area contributed by atoms with E-state index in [4.69, 9.17) is 28.9 Å². The minimum atomic E-state index is -0.144. The Hall–Kier alpha value is -1.71. The van der Waals surface area contributed by atoms with Crippen LogP contribution in [0.3, 0.4) is 0 Å². The average Bonchev–Trinajstić information content (AvgIpc) is 2.35. The molecule has 0 aromatic heterocycles. The van der Waals surface area contributed by atoms with Crippen LogP contribution in [-0.4, -0.2) is 10.9 Å². The van der Waals surface area contributed by atoms with Crippen LogP contribution >= 0.6 is 23.2 Å². The predicted molar refractivity (Wildman–Crippen MR) is 77.0 cm³/mol. The van der Waals surface area contributed by atoms with Gasteiger partial charge in [0.15, 0.2) is 5.78 Å². The van der Waals surface area contributed by atoms with Crippen molar-refractivity contribution in [1.29, 1.82) is 0 Å². The first-order valence-corrected chi connectivity index (χ1v) is 6.28. The fourth-order valence-corrected chi connectivity index (χ4v) is 2.19. The molecular formula is C14H11Cl2NO2. The summed E-state index contributed by atoms with van der Waals surface area (Å²) >= 11 is 11.8. The number of hydrogen-bond donors (Lipinski definition) is 2. The molecule has 19 heavy (non-hydrogen) atoms. The summed E-state index contributed by atoms with van der Waals surface area (Å²) in [5.74, 6) is -0.0203. The summed E-state index contributed by atoms with van der Waals surface area (Å²) in [7, 11) is 0. The molecule has 0 aliphatic carbocycles. The molecule has 3 N–H and O–H groups in total. The number of aromatic hydroxyl groups is 1. The van der Waals surface area contributed by atoms with Crippen LogP contribution < -0.4 is 5.73 Å². The second-order valence-electron chi connectivity index (χ2n) is 4.12. The van der Waals surface area contributed by atoms with Crippen LogP contribution in [0.2, 0.25) is 10.0 Å². The van der Waals surface area contributed by atoms with Gasteiger partial charge >= 0.3 is 0 Å². The van der Waals surface area contributed by atoms with Crippen LogP contribution in [0.15, 0.2) is 36.4 Å². The van der Waals surface area contributed by atoms with Crippen LogP contribution in [-0.2, 0) is 6.42 Å². The van der Waals surface area contributed by atoms with Gasteiger partial charge in [-0.25, -0.2) is 0 Å². The van der Waals surface area contributed by atoms with E-state index >= 15 is 0 Å². The number of nitrogens with two attached hydrogens (primary N) is 1. The number of anilines is 1. The van der Waals surface area contributed by atoms with Gasteiger partial charge in [-0.3, -0.25) is 4.79 Å². The summed E-state index contributed by atoms with van der Waals surface area (Å²) in [6.45, 7) is 0. The zero-order chi connectivity index (χ0) is 14.0. The highest BCUT2D eigenvalue weighted by Gasteiger charge is 2.12. The van der Waals surface area contributed by atoms with Gasteiger partial charge in [-0.15, -0.1) is 0 Å². The molecule has 0 atom stereocenters. The van der Waals surface area contributed by atoms with E-state index < -0.39 is 0 Å². The van der Waals surface area contributed by atoms with Gasteiger partial charge in [-0.2, -0.15) is 0 Å². The zero-order valence-electron chi connectivity index (χ0n) is 9.86. The zero-order valence-corrected chi connectivity index (χ0v) is 11.4. The monoisotopic (exact) mass is 295 g/mol. The number of phenolic OH excluding ortho intramolecular Hbond substituents is 1. The molecule has 3 nitrogen and oxygen atoms in total. The molecule has 0 bridgehead atoms. The minimum absolute atomic E-state index is 0.124. The Morgan fingerprint density at radius 1 is 1.16 bits per heavy atom. The molecule has 0 amide bonds. The summed E-state index contributed by atoms with van der Waals surface area (Å²) < 4.78 is 0. The maximum absolute atomic E-state index is 12.1. The Kier molecular flexibility index (Phi) is 3.98. The Morgan fingerprint density at radius 2 is 1.79 bits per heavy atom. The number of carbonyl (C=O) groups is 1. The van der Waals surface area contributed by atoms with Crippen LogP contribution in [0.5, 0.6) is 5.75 Å². The summed E-state index contributed by atoms with van der Waals surface area (Å²) in [5.41, 5.74) is 6.99. The van der Waals surface area contributed by atoms with Gasteiger partial charge in [0, 0.05) is 12.0 Å². The predicted octanol–water partition coefficient (Wildman–Crippen LogP) is 3.71. The van der Waals surface area contributed by atoms with Crippen molar-refractivity contribution in [3.63, 3.8) is 0 Å². The van der Waals surface area contributed by atoms with Crippen molar-refractivity contribution in [1.82, 2.24) is 0 Å². The van der Waals surface area contributed by atoms with Gasteiger partial charge < -0.3 is 10.8 Å². The molecule has 0 saturated carbocycles. The number of rotatable bonds is 3. The smallest absolute Gasteiger partial charge is 0.167 e. The molecule has 98 valence electrons. The Morgan fingerprint density at radius 3 is 2.37 bits per heavy atom. The van der Waals surface area contributed by atoms with Crippen molar-refractivity contribution in [3.8, 4) is 5.75 Å². The van der Waals surface area contributed by atoms with Crippen molar-refractivity contribution in [2.45, 2.75) is 6.42 Å². The van der Waals surface area contributed by atoms with Crippen molar-refractivity contribution >= 4 is 34.7 Å². The summed E-state index contributed by atoms with van der Waals surface area (Å²) in [5, 5.41) is 9.86. The summed E-state index contributed by atoms with van der Waals surface area (Å²) in [6, 6.07) is 9.52. The standard InChI is InChI=1S/C14H11Cl2NO2/c15-11-6-9(7-12(16)14(11)17)13(19)5-8-2-1-3-10(18)4-8/h1-4,6-7,18H,5,17H2. The molecule has 0 aliphatic heterocycles. The topological polar surface area (TPSA) is 63.3 Å². The molecule has 0 fully saturated rings. The molecule has 2 aromatic carbocycles. The Labute approximate surface area is 120 Å². The molecule has 0 heterocycles. The van der Waals surface area contributed by atoms with E-state index in [-0.39, 0.29) is 33.7 Å². The van der Waals surface area contributed by atoms with E-state index in [1.807, 2.05) is 0 Å². The lowest BCUT2D eigenvalue weighted by molar-refractivity contribution is 0.0993. The molecule has 5 heteroatoms. The molecule has 0 aliphatic rings. The fourth-order valence-electron chi connectivity index (χ4n) is 1.70. The lowest BCUT2D eigenvalue weighted by atomic mass is 10.0. The van der Waals surface area contributed by atoms with Gasteiger partial charge in [0.05, 0.1) is 15.7 Å². The van der Waals surface area contributed by atoms with E-state index in [0.717, 1.165) is 0 Å². The summed E-state index contributed by atoms with van der Waals surface area (Å²) in [6.07, 6.45) is 0.158. The van der Waals surface area contributed by atoms with Crippen LogP contribution in [0.1, 0.15) is 15.9 Å². The molecule has 0 unspecified atom stereocenters. The third-order valence-corrected chi connectivity index (χ3v) is 3.30. The fraction of sp³-hybridized carbons (Fsp3) is 0.0714. The van der Waals surface area contributed by atoms with Crippen molar-refractivity contribution in [2.24, 2.45) is 0 Å². The molecule has 0 spiro atoms. The van der Waals surface area contributed by atoms with Gasteiger partial charge in [-0.05, 0) is 29.8 Å². The molecule has 0 radical (unpaired) electrons. The highest BCUT2D eigenvalue weighted by molar-refractivity contribution is 6.39. The Bertz CT molecular complexity index is 618. The highest BCUT2D eigenvalue weighted by Crippen LogP contribution is 2.29. The van der Waals surface area contributed by atoms with E-state index in [1.54, 1.807) is 24.3 Å². The quantitative estimate of drug-likeness (QED) is 0.670. The van der Waals surface area contributed by atoms with Crippen molar-refractivity contribution in [2.75, 3.05) is 5.73 Å². The second kappa shape index (κ2) is 5.51. The number of carbonyl (C=O) groups excluding carboxylic acids is 1. The summed E-state index contributed by atoms with van der Waals surface area (Å²) in [4.78, 5) is 12.1. The SMILES string of the molecule is Nc1c(Cl)cc(C(=O)Cc2cccc(O)c2)cc1Cl. The Balaban J connectivity index is 2.25. The van der Waals surface area contributed by atoms with Crippen LogP contribution in [0.4, 0.5) is 5.69 Å². The normalized spacial score (nSPS) is 10.4. The van der Waals surface area contributed by atoms with Crippen LogP contribution in [0.25, 0.3) is 0 Å².